The third-order valence-electron chi connectivity index (χ3n) is 2.68. The van der Waals surface area contributed by atoms with Gasteiger partial charge in [-0.3, -0.25) is 4.79 Å². The van der Waals surface area contributed by atoms with E-state index in [9.17, 15) is 4.79 Å². The van der Waals surface area contributed by atoms with Crippen molar-refractivity contribution >= 4 is 23.1 Å². The first-order valence-electron chi connectivity index (χ1n) is 5.71. The topological polar surface area (TPSA) is 52.1 Å². The van der Waals surface area contributed by atoms with Gasteiger partial charge in [0.15, 0.2) is 0 Å². The van der Waals surface area contributed by atoms with Crippen molar-refractivity contribution in [1.82, 2.24) is 9.97 Å². The smallest absolute Gasteiger partial charge is 0.313 e. The average Bonchev–Trinajstić information content (AvgIpc) is 2.40. The number of halogens is 1. The normalized spacial score (nSPS) is 18.9. The first-order chi connectivity index (χ1) is 8.72. The molecule has 1 aromatic rings. The van der Waals surface area contributed by atoms with Crippen LogP contribution < -0.4 is 0 Å². The molecule has 0 fully saturated rings. The van der Waals surface area contributed by atoms with Crippen molar-refractivity contribution in [3.8, 4) is 0 Å². The van der Waals surface area contributed by atoms with E-state index in [4.69, 9.17) is 16.3 Å². The maximum atomic E-state index is 11.9. The summed E-state index contributed by atoms with van der Waals surface area (Å²) in [6.45, 7) is 2.16. The monoisotopic (exact) mass is 264 g/mol. The highest BCUT2D eigenvalue weighted by Gasteiger charge is 2.27. The zero-order chi connectivity index (χ0) is 13.0. The molecule has 1 aromatic heterocycles. The Morgan fingerprint density at radius 1 is 1.50 bits per heavy atom. The molecule has 94 valence electrons. The van der Waals surface area contributed by atoms with Crippen LogP contribution in [0.2, 0.25) is 0 Å². The summed E-state index contributed by atoms with van der Waals surface area (Å²) in [4.78, 5) is 19.8. The summed E-state index contributed by atoms with van der Waals surface area (Å²) < 4.78 is 5.08. The Bertz CT molecular complexity index is 497. The molecule has 0 aromatic carbocycles. The van der Waals surface area contributed by atoms with Gasteiger partial charge in [0.1, 0.15) is 6.33 Å². The van der Waals surface area contributed by atoms with Crippen LogP contribution in [-0.4, -0.2) is 22.5 Å². The zero-order valence-electron chi connectivity index (χ0n) is 9.97. The molecule has 2 rings (SSSR count). The van der Waals surface area contributed by atoms with Gasteiger partial charge in [-0.1, -0.05) is 17.7 Å². The van der Waals surface area contributed by atoms with Crippen molar-refractivity contribution < 1.29 is 9.53 Å². The van der Waals surface area contributed by atoms with Crippen LogP contribution in [0.15, 0.2) is 35.9 Å². The molecule has 0 amide bonds. The van der Waals surface area contributed by atoms with Crippen LogP contribution in [0, 0.1) is 5.92 Å². The maximum Gasteiger partial charge on any atom is 0.313 e. The maximum absolute atomic E-state index is 11.9. The number of hydrogen-bond acceptors (Lipinski definition) is 4. The minimum absolute atomic E-state index is 0.243. The molecule has 1 aliphatic carbocycles. The number of carbonyl (C=O) groups is 1. The first-order valence-corrected chi connectivity index (χ1v) is 6.09. The predicted octanol–water partition coefficient (Wildman–Crippen LogP) is 2.57. The quantitative estimate of drug-likeness (QED) is 0.788. The number of carbonyl (C=O) groups excluding carboxylic acids is 1. The van der Waals surface area contributed by atoms with Crippen molar-refractivity contribution in [1.29, 1.82) is 0 Å². The van der Waals surface area contributed by atoms with E-state index in [1.165, 1.54) is 6.33 Å². The van der Waals surface area contributed by atoms with Crippen LogP contribution >= 0.6 is 11.6 Å². The molecule has 1 aliphatic rings. The van der Waals surface area contributed by atoms with Gasteiger partial charge in [0.25, 0.3) is 0 Å². The molecule has 4 nitrogen and oxygen atoms in total. The van der Waals surface area contributed by atoms with Gasteiger partial charge in [-0.2, -0.15) is 0 Å². The summed E-state index contributed by atoms with van der Waals surface area (Å²) >= 11 is 6.00. The summed E-state index contributed by atoms with van der Waals surface area (Å²) in [7, 11) is 0. The van der Waals surface area contributed by atoms with E-state index in [-0.39, 0.29) is 11.9 Å². The molecule has 0 saturated carbocycles. The highest BCUT2D eigenvalue weighted by atomic mass is 35.5. The summed E-state index contributed by atoms with van der Waals surface area (Å²) in [5.41, 5.74) is 1.60. The third-order valence-corrected chi connectivity index (χ3v) is 2.95. The van der Waals surface area contributed by atoms with Crippen molar-refractivity contribution in [3.05, 3.63) is 41.5 Å². The van der Waals surface area contributed by atoms with E-state index < -0.39 is 0 Å². The van der Waals surface area contributed by atoms with Gasteiger partial charge >= 0.3 is 5.97 Å². The fourth-order valence-corrected chi connectivity index (χ4v) is 2.07. The lowest BCUT2D eigenvalue weighted by atomic mass is 9.88. The number of ether oxygens (including phenoxy) is 1. The van der Waals surface area contributed by atoms with Crippen LogP contribution in [-0.2, 0) is 9.53 Å². The summed E-state index contributed by atoms with van der Waals surface area (Å²) in [5.74, 6) is -0.577. The molecule has 18 heavy (non-hydrogen) atoms. The molecule has 1 atom stereocenters. The molecule has 1 heterocycles. The highest BCUT2D eigenvalue weighted by molar-refractivity contribution is 6.32. The van der Waals surface area contributed by atoms with Crippen molar-refractivity contribution in [2.45, 2.75) is 13.3 Å². The van der Waals surface area contributed by atoms with E-state index in [1.54, 1.807) is 25.4 Å². The molecule has 1 unspecified atom stereocenters. The second-order valence-electron chi connectivity index (χ2n) is 3.86. The van der Waals surface area contributed by atoms with Gasteiger partial charge in [-0.25, -0.2) is 9.97 Å². The van der Waals surface area contributed by atoms with E-state index in [1.807, 2.05) is 6.08 Å². The average molecular weight is 265 g/mol. The molecule has 0 N–H and O–H groups in total. The fourth-order valence-electron chi connectivity index (χ4n) is 1.86. The van der Waals surface area contributed by atoms with Crippen molar-refractivity contribution in [3.63, 3.8) is 0 Å². The number of rotatable bonds is 3. The van der Waals surface area contributed by atoms with Crippen LogP contribution in [0.5, 0.6) is 0 Å². The Morgan fingerprint density at radius 3 is 2.89 bits per heavy atom. The lowest BCUT2D eigenvalue weighted by Crippen LogP contribution is -2.20. The van der Waals surface area contributed by atoms with Crippen LogP contribution in [0.3, 0.4) is 0 Å². The number of allylic oxidation sites excluding steroid dienone is 3. The van der Waals surface area contributed by atoms with Gasteiger partial charge in [0.05, 0.1) is 12.5 Å². The van der Waals surface area contributed by atoms with Gasteiger partial charge in [0.2, 0.25) is 0 Å². The van der Waals surface area contributed by atoms with Gasteiger partial charge < -0.3 is 4.74 Å². The molecule has 0 radical (unpaired) electrons. The number of hydrogen-bond donors (Lipinski definition) is 0. The van der Waals surface area contributed by atoms with Crippen molar-refractivity contribution in [2.24, 2.45) is 5.92 Å². The van der Waals surface area contributed by atoms with Crippen LogP contribution in [0.4, 0.5) is 0 Å². The van der Waals surface area contributed by atoms with E-state index in [2.05, 4.69) is 9.97 Å². The van der Waals surface area contributed by atoms with Gasteiger partial charge in [-0.15, -0.1) is 0 Å². The van der Waals surface area contributed by atoms with Crippen LogP contribution in [0.25, 0.3) is 5.57 Å². The lowest BCUT2D eigenvalue weighted by Gasteiger charge is -2.20. The van der Waals surface area contributed by atoms with Gasteiger partial charge in [-0.05, 0) is 25.0 Å². The SMILES string of the molecule is CCOC(=O)C1CC=C(Cl)C=C1c1cncnc1. The van der Waals surface area contributed by atoms with E-state index >= 15 is 0 Å². The predicted molar refractivity (Wildman–Crippen MR) is 68.7 cm³/mol. The molecule has 5 heteroatoms. The minimum atomic E-state index is -0.335. The van der Waals surface area contributed by atoms with E-state index in [0.717, 1.165) is 11.1 Å². The summed E-state index contributed by atoms with van der Waals surface area (Å²) in [6.07, 6.45) is 8.91. The molecule has 0 bridgehead atoms. The number of aromatic nitrogens is 2. The Kier molecular flexibility index (Phi) is 4.10. The van der Waals surface area contributed by atoms with Gasteiger partial charge in [0, 0.05) is 23.0 Å². The largest absolute Gasteiger partial charge is 0.466 e. The second-order valence-corrected chi connectivity index (χ2v) is 4.29. The second kappa shape index (κ2) is 5.78. The molecule has 0 saturated heterocycles. The molecular formula is C13H13ClN2O2. The number of esters is 1. The number of nitrogens with zero attached hydrogens (tertiary/aromatic N) is 2. The molecule has 0 aliphatic heterocycles. The highest BCUT2D eigenvalue weighted by Crippen LogP contribution is 2.33. The molecular weight excluding hydrogens is 252 g/mol. The Balaban J connectivity index is 2.32. The summed E-state index contributed by atoms with van der Waals surface area (Å²) in [6, 6.07) is 0. The summed E-state index contributed by atoms with van der Waals surface area (Å²) in [5, 5.41) is 0.620. The Labute approximate surface area is 110 Å². The van der Waals surface area contributed by atoms with E-state index in [0.29, 0.717) is 18.1 Å². The Morgan fingerprint density at radius 2 is 2.22 bits per heavy atom. The fraction of sp³-hybridized carbons (Fsp3) is 0.308. The third kappa shape index (κ3) is 2.76. The Hall–Kier alpha value is -1.68. The standard InChI is InChI=1S/C13H13ClN2O2/c1-2-18-13(17)11-4-3-10(14)5-12(11)9-6-15-8-16-7-9/h3,5-8,11H,2,4H2,1H3. The first kappa shape index (κ1) is 12.8. The lowest BCUT2D eigenvalue weighted by molar-refractivity contribution is -0.145. The molecule has 0 spiro atoms. The van der Waals surface area contributed by atoms with Crippen LogP contribution in [0.1, 0.15) is 18.9 Å². The zero-order valence-corrected chi connectivity index (χ0v) is 10.7. The van der Waals surface area contributed by atoms with Crippen molar-refractivity contribution in [2.75, 3.05) is 6.61 Å². The minimum Gasteiger partial charge on any atom is -0.466 e.